The maximum atomic E-state index is 13.0. The van der Waals surface area contributed by atoms with E-state index < -0.39 is 11.7 Å². The van der Waals surface area contributed by atoms with Gasteiger partial charge in [-0.1, -0.05) is 42.5 Å². The van der Waals surface area contributed by atoms with Gasteiger partial charge in [0.25, 0.3) is 0 Å². The van der Waals surface area contributed by atoms with Gasteiger partial charge in [-0.05, 0) is 56.7 Å². The third kappa shape index (κ3) is 4.48. The Morgan fingerprint density at radius 2 is 1.86 bits per heavy atom. The monoisotopic (exact) mass is 464 g/mol. The lowest BCUT2D eigenvalue weighted by atomic mass is 10.1. The molecular formula is C28H24N4O3. The van der Waals surface area contributed by atoms with E-state index >= 15 is 0 Å². The quantitative estimate of drug-likeness (QED) is 0.382. The lowest BCUT2D eigenvalue weighted by Gasteiger charge is -2.20. The van der Waals surface area contributed by atoms with Crippen molar-refractivity contribution in [3.8, 4) is 5.88 Å². The van der Waals surface area contributed by atoms with Crippen molar-refractivity contribution in [3.05, 3.63) is 83.4 Å². The zero-order chi connectivity index (χ0) is 24.6. The van der Waals surface area contributed by atoms with Crippen LogP contribution in [0.4, 0.5) is 10.5 Å². The summed E-state index contributed by atoms with van der Waals surface area (Å²) < 4.78 is 6.62. The number of aromatic hydroxyl groups is 1. The lowest BCUT2D eigenvalue weighted by molar-refractivity contribution is 0.0524. The van der Waals surface area contributed by atoms with Gasteiger partial charge in [-0.25, -0.2) is 9.78 Å². The number of allylic oxidation sites excluding steroid dienone is 1. The summed E-state index contributed by atoms with van der Waals surface area (Å²) in [5.74, 6) is -0.0588. The average Bonchev–Trinajstić information content (AvgIpc) is 3.37. The second kappa shape index (κ2) is 8.68. The highest BCUT2D eigenvalue weighted by molar-refractivity contribution is 6.21. The molecule has 2 aromatic heterocycles. The summed E-state index contributed by atoms with van der Waals surface area (Å²) in [7, 11) is 0. The van der Waals surface area contributed by atoms with Crippen molar-refractivity contribution in [1.29, 1.82) is 0 Å². The fourth-order valence-electron chi connectivity index (χ4n) is 3.88. The van der Waals surface area contributed by atoms with Gasteiger partial charge in [0.15, 0.2) is 0 Å². The molecule has 0 fully saturated rings. The molecule has 0 atom stereocenters. The van der Waals surface area contributed by atoms with Crippen molar-refractivity contribution in [2.24, 2.45) is 4.99 Å². The second-order valence-corrected chi connectivity index (χ2v) is 9.12. The normalized spacial score (nSPS) is 14.2. The highest BCUT2D eigenvalue weighted by atomic mass is 16.6. The molecule has 3 heterocycles. The molecule has 0 amide bonds. The van der Waals surface area contributed by atoms with Crippen LogP contribution in [0, 0.1) is 0 Å². The number of ether oxygens (including phenoxy) is 1. The average molecular weight is 465 g/mol. The molecule has 0 unspecified atom stereocenters. The van der Waals surface area contributed by atoms with Crippen molar-refractivity contribution in [2.45, 2.75) is 26.4 Å². The van der Waals surface area contributed by atoms with Crippen LogP contribution in [0.15, 0.2) is 65.8 Å². The van der Waals surface area contributed by atoms with Gasteiger partial charge in [0, 0.05) is 28.9 Å². The highest BCUT2D eigenvalue weighted by Crippen LogP contribution is 2.34. The van der Waals surface area contributed by atoms with E-state index in [0.29, 0.717) is 0 Å². The molecule has 0 aliphatic carbocycles. The number of nitrogens with zero attached hydrogens (tertiary/aromatic N) is 4. The fourth-order valence-corrected chi connectivity index (χ4v) is 3.88. The van der Waals surface area contributed by atoms with Crippen LogP contribution in [0.3, 0.4) is 0 Å². The Kier molecular flexibility index (Phi) is 5.53. The summed E-state index contributed by atoms with van der Waals surface area (Å²) in [5, 5.41) is 12.0. The van der Waals surface area contributed by atoms with E-state index in [1.54, 1.807) is 45.3 Å². The molecule has 1 aliphatic heterocycles. The summed E-state index contributed by atoms with van der Waals surface area (Å²) in [6.45, 7) is 5.31. The summed E-state index contributed by atoms with van der Waals surface area (Å²) in [6, 6.07) is 17.4. The van der Waals surface area contributed by atoms with Gasteiger partial charge in [0.05, 0.1) is 11.2 Å². The molecule has 1 aliphatic rings. The molecule has 1 N–H and O–H groups in total. The Bertz CT molecular complexity index is 1530. The van der Waals surface area contributed by atoms with Crippen molar-refractivity contribution >= 4 is 52.7 Å². The van der Waals surface area contributed by atoms with Crippen molar-refractivity contribution in [1.82, 2.24) is 14.5 Å². The number of benzene rings is 2. The Morgan fingerprint density at radius 3 is 2.69 bits per heavy atom. The minimum Gasteiger partial charge on any atom is -0.493 e. The molecule has 35 heavy (non-hydrogen) atoms. The molecule has 2 aromatic carbocycles. The Morgan fingerprint density at radius 1 is 1.03 bits per heavy atom. The molecule has 0 saturated carbocycles. The smallest absolute Gasteiger partial charge is 0.423 e. The molecule has 7 heteroatoms. The first-order valence-electron chi connectivity index (χ1n) is 11.2. The second-order valence-electron chi connectivity index (χ2n) is 9.12. The number of rotatable bonds is 3. The summed E-state index contributed by atoms with van der Waals surface area (Å²) in [6.07, 6.45) is 7.99. The van der Waals surface area contributed by atoms with Crippen molar-refractivity contribution in [2.75, 3.05) is 0 Å². The van der Waals surface area contributed by atoms with Crippen molar-refractivity contribution < 1.29 is 14.6 Å². The lowest BCUT2D eigenvalue weighted by Crippen LogP contribution is -2.27. The highest BCUT2D eigenvalue weighted by Gasteiger charge is 2.25. The van der Waals surface area contributed by atoms with Gasteiger partial charge < -0.3 is 9.84 Å². The maximum absolute atomic E-state index is 13.0. The fraction of sp³-hybridized carbons (Fsp3) is 0.143. The van der Waals surface area contributed by atoms with Gasteiger partial charge in [-0.3, -0.25) is 9.98 Å². The van der Waals surface area contributed by atoms with Gasteiger partial charge in [-0.2, -0.15) is 4.57 Å². The molecule has 174 valence electrons. The van der Waals surface area contributed by atoms with Crippen LogP contribution in [0.2, 0.25) is 0 Å². The van der Waals surface area contributed by atoms with Crippen molar-refractivity contribution in [3.63, 3.8) is 0 Å². The first-order chi connectivity index (χ1) is 16.8. The minimum absolute atomic E-state index is 0.243. The van der Waals surface area contributed by atoms with Crippen LogP contribution >= 0.6 is 0 Å². The van der Waals surface area contributed by atoms with Gasteiger partial charge in [-0.15, -0.1) is 0 Å². The van der Waals surface area contributed by atoms with E-state index in [2.05, 4.69) is 15.0 Å². The van der Waals surface area contributed by atoms with Crippen LogP contribution in [0.5, 0.6) is 5.88 Å². The third-order valence-corrected chi connectivity index (χ3v) is 5.42. The molecule has 0 bridgehead atoms. The van der Waals surface area contributed by atoms with Crippen LogP contribution in [0.1, 0.15) is 43.4 Å². The number of imidazole rings is 1. The Labute approximate surface area is 202 Å². The van der Waals surface area contributed by atoms with E-state index in [0.717, 1.165) is 37.9 Å². The van der Waals surface area contributed by atoms with E-state index in [1.807, 2.05) is 60.7 Å². The number of carbonyl (C=O) groups is 1. The predicted octanol–water partition coefficient (Wildman–Crippen LogP) is 6.35. The summed E-state index contributed by atoms with van der Waals surface area (Å²) in [5.41, 5.74) is 3.83. The standard InChI is InChI=1S/C28H24N4O3/c1-28(2,3)35-27(34)32-25(14-13-18-8-6-12-22-20(18)10-7-15-29-22)31-24(26(32)33)16-19-17-30-23-11-5-4-9-21(19)23/h4-17,33H,1-3H3/b14-13+,19-16-. The molecule has 4 aromatic rings. The summed E-state index contributed by atoms with van der Waals surface area (Å²) in [4.78, 5) is 26.4. The maximum Gasteiger partial charge on any atom is 0.423 e. The Hall–Kier alpha value is -4.52. The van der Waals surface area contributed by atoms with Crippen LogP contribution in [0.25, 0.3) is 34.7 Å². The molecule has 0 saturated heterocycles. The topological polar surface area (TPSA) is 89.6 Å². The first kappa shape index (κ1) is 22.3. The van der Waals surface area contributed by atoms with Gasteiger partial charge >= 0.3 is 6.09 Å². The number of aliphatic imine (C=N–C) groups is 1. The number of hydrogen-bond donors (Lipinski definition) is 1. The third-order valence-electron chi connectivity index (χ3n) is 5.42. The molecule has 0 spiro atoms. The largest absolute Gasteiger partial charge is 0.493 e. The number of hydrogen-bond acceptors (Lipinski definition) is 6. The minimum atomic E-state index is -0.744. The Balaban J connectivity index is 1.60. The SMILES string of the molecule is CC(C)(C)OC(=O)n1c(/C=C/c2cccc3ncccc23)nc(/C=C2/C=Nc3ccccc32)c1O. The number of fused-ring (bicyclic) bond motifs is 2. The zero-order valence-electron chi connectivity index (χ0n) is 19.6. The molecule has 7 nitrogen and oxygen atoms in total. The predicted molar refractivity (Wildman–Crippen MR) is 139 cm³/mol. The summed E-state index contributed by atoms with van der Waals surface area (Å²) >= 11 is 0. The molecular weight excluding hydrogens is 440 g/mol. The number of carbonyl (C=O) groups excluding carboxylic acids is 1. The zero-order valence-corrected chi connectivity index (χ0v) is 19.6. The van der Waals surface area contributed by atoms with Crippen LogP contribution in [-0.4, -0.2) is 37.6 Å². The van der Waals surface area contributed by atoms with Gasteiger partial charge in [0.1, 0.15) is 17.1 Å². The molecule has 0 radical (unpaired) electrons. The van der Waals surface area contributed by atoms with Crippen LogP contribution in [-0.2, 0) is 4.74 Å². The van der Waals surface area contributed by atoms with Gasteiger partial charge in [0.2, 0.25) is 5.88 Å². The molecule has 5 rings (SSSR count). The number of pyridine rings is 1. The van der Waals surface area contributed by atoms with Crippen LogP contribution < -0.4 is 0 Å². The first-order valence-corrected chi connectivity index (χ1v) is 11.2. The number of aromatic nitrogens is 3. The number of para-hydroxylation sites is 1. The van der Waals surface area contributed by atoms with E-state index in [-0.39, 0.29) is 17.4 Å². The van der Waals surface area contributed by atoms with E-state index in [9.17, 15) is 9.90 Å². The van der Waals surface area contributed by atoms with E-state index in [4.69, 9.17) is 4.74 Å². The van der Waals surface area contributed by atoms with E-state index in [1.165, 1.54) is 0 Å².